The van der Waals surface area contributed by atoms with Crippen LogP contribution in [0.5, 0.6) is 0 Å². The largest absolute Gasteiger partial charge is 0.444 e. The van der Waals surface area contributed by atoms with Crippen LogP contribution in [0.15, 0.2) is 34.9 Å². The first-order valence-corrected chi connectivity index (χ1v) is 7.82. The normalized spacial score (nSPS) is 11.0. The van der Waals surface area contributed by atoms with Crippen molar-refractivity contribution in [3.8, 4) is 11.5 Å². The summed E-state index contributed by atoms with van der Waals surface area (Å²) < 4.78 is 7.32. The molecule has 0 unspecified atom stereocenters. The van der Waals surface area contributed by atoms with E-state index in [-0.39, 0.29) is 12.3 Å². The highest BCUT2D eigenvalue weighted by atomic mass is 16.6. The monoisotopic (exact) mass is 342 g/mol. The highest BCUT2D eigenvalue weighted by Gasteiger charge is 2.14. The maximum Gasteiger partial charge on any atom is 0.269 e. The van der Waals surface area contributed by atoms with E-state index in [9.17, 15) is 10.1 Å². The summed E-state index contributed by atoms with van der Waals surface area (Å²) in [6.45, 7) is 4.41. The number of aryl methyl sites for hydroxylation is 1. The van der Waals surface area contributed by atoms with Crippen LogP contribution in [0.4, 0.5) is 5.69 Å². The lowest BCUT2D eigenvalue weighted by Gasteiger charge is -2.02. The number of aromatic nitrogens is 3. The van der Waals surface area contributed by atoms with Crippen molar-refractivity contribution >= 4 is 5.69 Å². The summed E-state index contributed by atoms with van der Waals surface area (Å²) in [6.07, 6.45) is 2.13. The zero-order valence-electron chi connectivity index (χ0n) is 14.0. The summed E-state index contributed by atoms with van der Waals surface area (Å²) in [5.41, 5.74) is 4.33. The standard InChI is InChI=1S/C17H18N4O4/c1-11-16(7-8-22)12(2)20(19-11)9-14-10-25-17(18-14)13-3-5-15(6-4-13)21(23)24/h3-6,10,22H,7-9H2,1-2H3. The molecule has 0 aliphatic carbocycles. The molecule has 0 bridgehead atoms. The highest BCUT2D eigenvalue weighted by Crippen LogP contribution is 2.22. The van der Waals surface area contributed by atoms with Crippen LogP contribution in [0.2, 0.25) is 0 Å². The Hall–Kier alpha value is -3.00. The maximum absolute atomic E-state index is 10.7. The summed E-state index contributed by atoms with van der Waals surface area (Å²) in [6, 6.07) is 6.05. The van der Waals surface area contributed by atoms with Gasteiger partial charge in [0.25, 0.3) is 5.69 Å². The molecule has 8 nitrogen and oxygen atoms in total. The molecule has 0 saturated heterocycles. The Balaban J connectivity index is 1.80. The predicted octanol–water partition coefficient (Wildman–Crippen LogP) is 2.65. The molecule has 1 N–H and O–H groups in total. The summed E-state index contributed by atoms with van der Waals surface area (Å²) >= 11 is 0. The number of benzene rings is 1. The van der Waals surface area contributed by atoms with Crippen LogP contribution in [0.1, 0.15) is 22.6 Å². The van der Waals surface area contributed by atoms with Gasteiger partial charge < -0.3 is 9.52 Å². The number of nitro benzene ring substituents is 1. The van der Waals surface area contributed by atoms with Gasteiger partial charge in [-0.1, -0.05) is 0 Å². The number of oxazole rings is 1. The second-order valence-corrected chi connectivity index (χ2v) is 5.73. The van der Waals surface area contributed by atoms with Gasteiger partial charge in [0.05, 0.1) is 17.2 Å². The number of rotatable bonds is 6. The first-order chi connectivity index (χ1) is 12.0. The van der Waals surface area contributed by atoms with E-state index in [0.717, 1.165) is 17.0 Å². The lowest BCUT2D eigenvalue weighted by Crippen LogP contribution is -2.05. The zero-order valence-corrected chi connectivity index (χ0v) is 14.0. The summed E-state index contributed by atoms with van der Waals surface area (Å²) in [5, 5.41) is 24.3. The number of nitrogens with zero attached hydrogens (tertiary/aromatic N) is 4. The Morgan fingerprint density at radius 3 is 2.64 bits per heavy atom. The van der Waals surface area contributed by atoms with Crippen LogP contribution in [0, 0.1) is 24.0 Å². The first-order valence-electron chi connectivity index (χ1n) is 7.82. The summed E-state index contributed by atoms with van der Waals surface area (Å²) in [7, 11) is 0. The molecule has 3 rings (SSSR count). The topological polar surface area (TPSA) is 107 Å². The van der Waals surface area contributed by atoms with Crippen molar-refractivity contribution in [2.75, 3.05) is 6.61 Å². The van der Waals surface area contributed by atoms with Crippen LogP contribution in [-0.4, -0.2) is 31.4 Å². The molecule has 0 aliphatic heterocycles. The van der Waals surface area contributed by atoms with Crippen molar-refractivity contribution in [3.05, 3.63) is 63.3 Å². The second kappa shape index (κ2) is 6.86. The molecule has 2 heterocycles. The van der Waals surface area contributed by atoms with Crippen molar-refractivity contribution in [1.29, 1.82) is 0 Å². The Morgan fingerprint density at radius 2 is 2.00 bits per heavy atom. The molecule has 0 spiro atoms. The second-order valence-electron chi connectivity index (χ2n) is 5.73. The Kier molecular flexibility index (Phi) is 4.62. The number of hydrogen-bond acceptors (Lipinski definition) is 6. The van der Waals surface area contributed by atoms with Gasteiger partial charge in [0.1, 0.15) is 12.0 Å². The van der Waals surface area contributed by atoms with Crippen molar-refractivity contribution in [1.82, 2.24) is 14.8 Å². The van der Waals surface area contributed by atoms with Crippen molar-refractivity contribution in [3.63, 3.8) is 0 Å². The van der Waals surface area contributed by atoms with E-state index in [1.807, 2.05) is 18.5 Å². The zero-order chi connectivity index (χ0) is 18.0. The van der Waals surface area contributed by atoms with E-state index in [1.165, 1.54) is 12.1 Å². The van der Waals surface area contributed by atoms with Crippen molar-refractivity contribution in [2.45, 2.75) is 26.8 Å². The van der Waals surface area contributed by atoms with Gasteiger partial charge in [-0.2, -0.15) is 5.10 Å². The number of aliphatic hydroxyl groups excluding tert-OH is 1. The summed E-state index contributed by atoms with van der Waals surface area (Å²) in [4.78, 5) is 14.7. The number of hydrogen-bond donors (Lipinski definition) is 1. The van der Waals surface area contributed by atoms with Gasteiger partial charge in [-0.3, -0.25) is 14.8 Å². The number of nitro groups is 1. The molecular weight excluding hydrogens is 324 g/mol. The molecule has 1 aromatic carbocycles. The van der Waals surface area contributed by atoms with E-state index in [2.05, 4.69) is 10.1 Å². The van der Waals surface area contributed by atoms with Crippen LogP contribution in [-0.2, 0) is 13.0 Å². The van der Waals surface area contributed by atoms with E-state index in [0.29, 0.717) is 30.1 Å². The average molecular weight is 342 g/mol. The van der Waals surface area contributed by atoms with Crippen LogP contribution < -0.4 is 0 Å². The van der Waals surface area contributed by atoms with Gasteiger partial charge in [-0.25, -0.2) is 4.98 Å². The fourth-order valence-electron chi connectivity index (χ4n) is 2.75. The first kappa shape index (κ1) is 16.8. The van der Waals surface area contributed by atoms with Gasteiger partial charge >= 0.3 is 0 Å². The fourth-order valence-corrected chi connectivity index (χ4v) is 2.75. The Bertz CT molecular complexity index is 896. The summed E-state index contributed by atoms with van der Waals surface area (Å²) in [5.74, 6) is 0.405. The molecule has 0 atom stereocenters. The van der Waals surface area contributed by atoms with Crippen LogP contribution in [0.25, 0.3) is 11.5 Å². The smallest absolute Gasteiger partial charge is 0.269 e. The highest BCUT2D eigenvalue weighted by molar-refractivity contribution is 5.55. The molecule has 0 saturated carbocycles. The van der Waals surface area contributed by atoms with Crippen molar-refractivity contribution in [2.24, 2.45) is 0 Å². The molecule has 25 heavy (non-hydrogen) atoms. The van der Waals surface area contributed by atoms with Crippen molar-refractivity contribution < 1.29 is 14.4 Å². The van der Waals surface area contributed by atoms with Gasteiger partial charge in [0.15, 0.2) is 0 Å². The minimum Gasteiger partial charge on any atom is -0.444 e. The Labute approximate surface area is 143 Å². The van der Waals surface area contributed by atoms with Gasteiger partial charge in [0, 0.05) is 30.0 Å². The molecule has 3 aromatic rings. The average Bonchev–Trinajstić information content (AvgIpc) is 3.16. The van der Waals surface area contributed by atoms with Gasteiger partial charge in [-0.05, 0) is 38.0 Å². The molecule has 0 fully saturated rings. The SMILES string of the molecule is Cc1nn(Cc2coc(-c3ccc([N+](=O)[O-])cc3)n2)c(C)c1CCO. The predicted molar refractivity (Wildman–Crippen MR) is 90.2 cm³/mol. The third-order valence-electron chi connectivity index (χ3n) is 4.08. The molecular formula is C17H18N4O4. The molecule has 0 aliphatic rings. The van der Waals surface area contributed by atoms with E-state index >= 15 is 0 Å². The van der Waals surface area contributed by atoms with Gasteiger partial charge in [0.2, 0.25) is 5.89 Å². The fraction of sp³-hybridized carbons (Fsp3) is 0.294. The maximum atomic E-state index is 10.7. The van der Waals surface area contributed by atoms with Crippen LogP contribution in [0.3, 0.4) is 0 Å². The molecule has 130 valence electrons. The van der Waals surface area contributed by atoms with E-state index < -0.39 is 4.92 Å². The lowest BCUT2D eigenvalue weighted by atomic mass is 10.1. The molecule has 0 radical (unpaired) electrons. The minimum atomic E-state index is -0.447. The third kappa shape index (κ3) is 3.43. The number of non-ortho nitro benzene ring substituents is 1. The van der Waals surface area contributed by atoms with Crippen LogP contribution >= 0.6 is 0 Å². The lowest BCUT2D eigenvalue weighted by molar-refractivity contribution is -0.384. The van der Waals surface area contributed by atoms with E-state index in [1.54, 1.807) is 18.4 Å². The number of aliphatic hydroxyl groups is 1. The Morgan fingerprint density at radius 1 is 1.28 bits per heavy atom. The van der Waals surface area contributed by atoms with E-state index in [4.69, 9.17) is 9.52 Å². The molecule has 8 heteroatoms. The molecule has 2 aromatic heterocycles. The third-order valence-corrected chi connectivity index (χ3v) is 4.08. The van der Waals surface area contributed by atoms with Gasteiger partial charge in [-0.15, -0.1) is 0 Å². The quantitative estimate of drug-likeness (QED) is 0.545. The molecule has 0 amide bonds. The minimum absolute atomic E-state index is 0.0228.